The lowest BCUT2D eigenvalue weighted by molar-refractivity contribution is -0.138. The van der Waals surface area contributed by atoms with Crippen LogP contribution in [0.5, 0.6) is 0 Å². The van der Waals surface area contributed by atoms with Crippen LogP contribution in [0.2, 0.25) is 0 Å². The number of aromatic nitrogens is 4. The molecule has 1 amide bonds. The minimum Gasteiger partial charge on any atom is -0.338 e. The molecule has 2 fully saturated rings. The van der Waals surface area contributed by atoms with Crippen LogP contribution in [-0.2, 0) is 11.0 Å². The average Bonchev–Trinajstić information content (AvgIpc) is 3.27. The van der Waals surface area contributed by atoms with Crippen molar-refractivity contribution in [2.45, 2.75) is 31.5 Å². The first-order valence-electron chi connectivity index (χ1n) is 10.7. The molecule has 4 rings (SSSR count). The van der Waals surface area contributed by atoms with Gasteiger partial charge in [-0.25, -0.2) is 23.8 Å². The molecule has 1 atom stereocenters. The van der Waals surface area contributed by atoms with Crippen molar-refractivity contribution >= 4 is 11.9 Å². The number of hydrogen-bond acceptors (Lipinski definition) is 7. The van der Waals surface area contributed by atoms with Gasteiger partial charge in [0.1, 0.15) is 0 Å². The molecule has 0 aromatic carbocycles. The van der Waals surface area contributed by atoms with Gasteiger partial charge in [0, 0.05) is 38.6 Å². The van der Waals surface area contributed by atoms with E-state index in [4.69, 9.17) is 0 Å². The standard InChI is InChI=1S/C20H22F5N7O2/c21-17(22)13-8-14(28-29-18(13)34)15-2-1-3-32(15)11-16(33)30-4-6-31(7-5-30)19-26-9-12(10-27-19)20(23,24)25/h8-10,15,17H,1-7,11H2,(H,29,34). The molecule has 2 aliphatic heterocycles. The summed E-state index contributed by atoms with van der Waals surface area (Å²) in [6, 6.07) is 0.736. The smallest absolute Gasteiger partial charge is 0.338 e. The van der Waals surface area contributed by atoms with Gasteiger partial charge in [-0.2, -0.15) is 18.3 Å². The number of aromatic amines is 1. The average molecular weight is 487 g/mol. The Kier molecular flexibility index (Phi) is 6.77. The number of H-pyrrole nitrogens is 1. The molecule has 2 aliphatic rings. The molecule has 184 valence electrons. The fourth-order valence-electron chi connectivity index (χ4n) is 4.18. The Morgan fingerprint density at radius 1 is 1.12 bits per heavy atom. The third-order valence-corrected chi connectivity index (χ3v) is 6.01. The Morgan fingerprint density at radius 3 is 2.41 bits per heavy atom. The first-order valence-corrected chi connectivity index (χ1v) is 10.7. The Morgan fingerprint density at radius 2 is 1.79 bits per heavy atom. The zero-order chi connectivity index (χ0) is 24.5. The van der Waals surface area contributed by atoms with Crippen molar-refractivity contribution in [1.82, 2.24) is 30.0 Å². The molecule has 0 aliphatic carbocycles. The van der Waals surface area contributed by atoms with E-state index in [9.17, 15) is 31.5 Å². The third-order valence-electron chi connectivity index (χ3n) is 6.01. The lowest BCUT2D eigenvalue weighted by Crippen LogP contribution is -2.51. The number of rotatable bonds is 5. The number of halogens is 5. The summed E-state index contributed by atoms with van der Waals surface area (Å²) in [5.74, 6) is 0.0112. The van der Waals surface area contributed by atoms with E-state index in [1.165, 1.54) is 0 Å². The van der Waals surface area contributed by atoms with Gasteiger partial charge in [0.15, 0.2) is 0 Å². The predicted octanol–water partition coefficient (Wildman–Crippen LogP) is 2.00. The van der Waals surface area contributed by atoms with E-state index in [1.807, 2.05) is 4.90 Å². The Balaban J connectivity index is 1.35. The van der Waals surface area contributed by atoms with Crippen molar-refractivity contribution in [3.05, 3.63) is 45.6 Å². The van der Waals surface area contributed by atoms with Gasteiger partial charge in [-0.15, -0.1) is 0 Å². The quantitative estimate of drug-likeness (QED) is 0.645. The molecule has 2 aromatic rings. The largest absolute Gasteiger partial charge is 0.419 e. The van der Waals surface area contributed by atoms with E-state index < -0.39 is 29.3 Å². The van der Waals surface area contributed by atoms with Gasteiger partial charge >= 0.3 is 6.18 Å². The molecule has 0 saturated carbocycles. The maximum Gasteiger partial charge on any atom is 0.419 e. The number of amides is 1. The second-order valence-electron chi connectivity index (χ2n) is 8.14. The van der Waals surface area contributed by atoms with Crippen LogP contribution in [0, 0.1) is 0 Å². The molecule has 0 bridgehead atoms. The van der Waals surface area contributed by atoms with E-state index in [1.54, 1.807) is 9.80 Å². The number of hydrogen-bond donors (Lipinski definition) is 1. The zero-order valence-corrected chi connectivity index (χ0v) is 17.9. The first kappa shape index (κ1) is 24.0. The molecule has 2 saturated heterocycles. The predicted molar refractivity (Wildman–Crippen MR) is 109 cm³/mol. The monoisotopic (exact) mass is 487 g/mol. The van der Waals surface area contributed by atoms with Gasteiger partial charge in [-0.3, -0.25) is 14.5 Å². The van der Waals surface area contributed by atoms with Crippen molar-refractivity contribution in [3.63, 3.8) is 0 Å². The molecule has 9 nitrogen and oxygen atoms in total. The number of anilines is 1. The number of carbonyl (C=O) groups excluding carboxylic acids is 1. The van der Waals surface area contributed by atoms with Gasteiger partial charge in [-0.05, 0) is 25.5 Å². The van der Waals surface area contributed by atoms with E-state index in [2.05, 4.69) is 20.2 Å². The SMILES string of the molecule is O=C(CN1CCCC1c1cc(C(F)F)c(=O)[nH]n1)N1CCN(c2ncc(C(F)(F)F)cn2)CC1. The molecule has 2 aromatic heterocycles. The molecule has 0 spiro atoms. The van der Waals surface area contributed by atoms with Gasteiger partial charge < -0.3 is 9.80 Å². The van der Waals surface area contributed by atoms with Crippen LogP contribution >= 0.6 is 0 Å². The fourth-order valence-corrected chi connectivity index (χ4v) is 4.18. The topological polar surface area (TPSA) is 98.3 Å². The van der Waals surface area contributed by atoms with Crippen molar-refractivity contribution in [2.24, 2.45) is 0 Å². The Bertz CT molecular complexity index is 1070. The lowest BCUT2D eigenvalue weighted by Gasteiger charge is -2.36. The van der Waals surface area contributed by atoms with E-state index in [-0.39, 0.29) is 24.4 Å². The van der Waals surface area contributed by atoms with Crippen LogP contribution in [0.1, 0.15) is 42.1 Å². The zero-order valence-electron chi connectivity index (χ0n) is 17.9. The van der Waals surface area contributed by atoms with Crippen LogP contribution in [-0.4, -0.2) is 75.1 Å². The number of carbonyl (C=O) groups is 1. The Hall–Kier alpha value is -3.16. The molecule has 1 N–H and O–H groups in total. The minimum atomic E-state index is -4.51. The van der Waals surface area contributed by atoms with Gasteiger partial charge in [0.2, 0.25) is 11.9 Å². The summed E-state index contributed by atoms with van der Waals surface area (Å²) in [5.41, 5.74) is -2.22. The summed E-state index contributed by atoms with van der Waals surface area (Å²) < 4.78 is 64.2. The van der Waals surface area contributed by atoms with Crippen LogP contribution in [0.4, 0.5) is 27.9 Å². The second kappa shape index (κ2) is 9.60. The summed E-state index contributed by atoms with van der Waals surface area (Å²) in [6.07, 6.45) is -4.60. The summed E-state index contributed by atoms with van der Waals surface area (Å²) in [6.45, 7) is 2.05. The minimum absolute atomic E-state index is 0.0618. The van der Waals surface area contributed by atoms with Crippen LogP contribution in [0.15, 0.2) is 23.3 Å². The fraction of sp³-hybridized carbons (Fsp3) is 0.550. The number of nitrogens with one attached hydrogen (secondary N) is 1. The van der Waals surface area contributed by atoms with Gasteiger partial charge in [0.25, 0.3) is 12.0 Å². The van der Waals surface area contributed by atoms with E-state index in [0.29, 0.717) is 44.8 Å². The number of likely N-dealkylation sites (tertiary alicyclic amines) is 1. The molecule has 0 radical (unpaired) electrons. The van der Waals surface area contributed by atoms with Crippen molar-refractivity contribution in [1.29, 1.82) is 0 Å². The maximum atomic E-state index is 13.1. The second-order valence-corrected chi connectivity index (χ2v) is 8.14. The highest BCUT2D eigenvalue weighted by Gasteiger charge is 2.33. The molecule has 1 unspecified atom stereocenters. The highest BCUT2D eigenvalue weighted by Crippen LogP contribution is 2.31. The maximum absolute atomic E-state index is 13.1. The van der Waals surface area contributed by atoms with Crippen molar-refractivity contribution in [2.75, 3.05) is 44.2 Å². The Labute approximate surface area is 190 Å². The van der Waals surface area contributed by atoms with Crippen LogP contribution in [0.3, 0.4) is 0 Å². The molecule has 34 heavy (non-hydrogen) atoms. The summed E-state index contributed by atoms with van der Waals surface area (Å²) in [7, 11) is 0. The van der Waals surface area contributed by atoms with Crippen molar-refractivity contribution < 1.29 is 26.7 Å². The molecular weight excluding hydrogens is 465 g/mol. The number of piperazine rings is 1. The normalized spacial score (nSPS) is 19.8. The van der Waals surface area contributed by atoms with E-state index in [0.717, 1.165) is 24.9 Å². The summed E-state index contributed by atoms with van der Waals surface area (Å²) in [4.78, 5) is 37.2. The first-order chi connectivity index (χ1) is 16.1. The van der Waals surface area contributed by atoms with E-state index >= 15 is 0 Å². The number of alkyl halides is 5. The van der Waals surface area contributed by atoms with Gasteiger partial charge in [0.05, 0.1) is 29.4 Å². The summed E-state index contributed by atoms with van der Waals surface area (Å²) >= 11 is 0. The van der Waals surface area contributed by atoms with Crippen LogP contribution in [0.25, 0.3) is 0 Å². The summed E-state index contributed by atoms with van der Waals surface area (Å²) in [5, 5.41) is 6.02. The van der Waals surface area contributed by atoms with Gasteiger partial charge in [-0.1, -0.05) is 0 Å². The van der Waals surface area contributed by atoms with Crippen LogP contribution < -0.4 is 10.5 Å². The molecule has 4 heterocycles. The number of nitrogens with zero attached hydrogens (tertiary/aromatic N) is 6. The molecule has 14 heteroatoms. The molecular formula is C20H22F5N7O2. The highest BCUT2D eigenvalue weighted by atomic mass is 19.4. The highest BCUT2D eigenvalue weighted by molar-refractivity contribution is 5.78. The third kappa shape index (κ3) is 5.16. The van der Waals surface area contributed by atoms with Crippen molar-refractivity contribution in [3.8, 4) is 0 Å². The lowest BCUT2D eigenvalue weighted by atomic mass is 10.1.